The summed E-state index contributed by atoms with van der Waals surface area (Å²) >= 11 is 1.25. The van der Waals surface area contributed by atoms with Gasteiger partial charge in [-0.05, 0) is 18.3 Å². The zero-order valence-corrected chi connectivity index (χ0v) is 10.9. The maximum atomic E-state index is 10.6. The number of aryl methyl sites for hydroxylation is 1. The van der Waals surface area contributed by atoms with Gasteiger partial charge in [0.15, 0.2) is 5.16 Å². The minimum Gasteiger partial charge on any atom is -0.481 e. The van der Waals surface area contributed by atoms with Crippen molar-refractivity contribution in [3.05, 3.63) is 5.82 Å². The molecule has 2 atom stereocenters. The molecule has 1 saturated carbocycles. The van der Waals surface area contributed by atoms with E-state index in [0.29, 0.717) is 5.92 Å². The smallest absolute Gasteiger partial charge is 0.313 e. The van der Waals surface area contributed by atoms with Gasteiger partial charge in [0.1, 0.15) is 5.82 Å². The van der Waals surface area contributed by atoms with E-state index in [4.69, 9.17) is 5.11 Å². The monoisotopic (exact) mass is 255 g/mol. The minimum absolute atomic E-state index is 0.0437. The summed E-state index contributed by atoms with van der Waals surface area (Å²) in [6.07, 6.45) is 2.09. The lowest BCUT2D eigenvalue weighted by atomic mass is 10.3. The molecule has 0 saturated heterocycles. The molecule has 17 heavy (non-hydrogen) atoms. The van der Waals surface area contributed by atoms with E-state index < -0.39 is 5.97 Å². The fourth-order valence-electron chi connectivity index (χ4n) is 1.88. The second kappa shape index (κ2) is 5.08. The molecule has 94 valence electrons. The molecule has 2 unspecified atom stereocenters. The van der Waals surface area contributed by atoms with Gasteiger partial charge in [0.2, 0.25) is 0 Å². The molecule has 5 nitrogen and oxygen atoms in total. The lowest BCUT2D eigenvalue weighted by molar-refractivity contribution is -0.133. The Morgan fingerprint density at radius 3 is 2.82 bits per heavy atom. The van der Waals surface area contributed by atoms with Crippen molar-refractivity contribution >= 4 is 17.7 Å². The Morgan fingerprint density at radius 1 is 1.59 bits per heavy atom. The standard InChI is InChI=1S/C11H17N3O2S/c1-3-9-12-13-11(17-6-10(15)16)14(9)5-8-4-7(8)2/h7-8H,3-6H2,1-2H3,(H,15,16). The van der Waals surface area contributed by atoms with Crippen LogP contribution >= 0.6 is 11.8 Å². The number of nitrogens with zero attached hydrogens (tertiary/aromatic N) is 3. The van der Waals surface area contributed by atoms with Crippen LogP contribution < -0.4 is 0 Å². The molecule has 1 aliphatic carbocycles. The van der Waals surface area contributed by atoms with Crippen LogP contribution in [0.4, 0.5) is 0 Å². The summed E-state index contributed by atoms with van der Waals surface area (Å²) in [6, 6.07) is 0. The first-order valence-electron chi connectivity index (χ1n) is 5.88. The van der Waals surface area contributed by atoms with Gasteiger partial charge in [-0.25, -0.2) is 0 Å². The van der Waals surface area contributed by atoms with Crippen LogP contribution in [-0.2, 0) is 17.8 Å². The van der Waals surface area contributed by atoms with Gasteiger partial charge in [-0.1, -0.05) is 25.6 Å². The number of aromatic nitrogens is 3. The molecule has 1 N–H and O–H groups in total. The third-order valence-electron chi connectivity index (χ3n) is 3.13. The van der Waals surface area contributed by atoms with Crippen molar-refractivity contribution in [1.29, 1.82) is 0 Å². The second-order valence-electron chi connectivity index (χ2n) is 4.52. The molecule has 0 aliphatic heterocycles. The van der Waals surface area contributed by atoms with Crippen LogP contribution in [0.5, 0.6) is 0 Å². The molecule has 2 rings (SSSR count). The van der Waals surface area contributed by atoms with E-state index in [0.717, 1.165) is 29.9 Å². The summed E-state index contributed by atoms with van der Waals surface area (Å²) in [4.78, 5) is 10.6. The molecule has 1 aliphatic rings. The molecule has 1 fully saturated rings. The highest BCUT2D eigenvalue weighted by Crippen LogP contribution is 2.39. The van der Waals surface area contributed by atoms with E-state index in [1.165, 1.54) is 18.2 Å². The summed E-state index contributed by atoms with van der Waals surface area (Å²) in [5.41, 5.74) is 0. The van der Waals surface area contributed by atoms with Crippen molar-refractivity contribution in [2.75, 3.05) is 5.75 Å². The maximum absolute atomic E-state index is 10.6. The maximum Gasteiger partial charge on any atom is 0.313 e. The molecule has 0 aromatic carbocycles. The number of aliphatic carboxylic acids is 1. The van der Waals surface area contributed by atoms with Crippen LogP contribution in [0.1, 0.15) is 26.1 Å². The highest BCUT2D eigenvalue weighted by molar-refractivity contribution is 7.99. The molecule has 1 heterocycles. The van der Waals surface area contributed by atoms with E-state index in [1.54, 1.807) is 0 Å². The number of thioether (sulfide) groups is 1. The number of hydrogen-bond acceptors (Lipinski definition) is 4. The lowest BCUT2D eigenvalue weighted by Gasteiger charge is -2.07. The first-order valence-corrected chi connectivity index (χ1v) is 6.87. The first kappa shape index (κ1) is 12.4. The molecule has 0 amide bonds. The Morgan fingerprint density at radius 2 is 2.29 bits per heavy atom. The summed E-state index contributed by atoms with van der Waals surface area (Å²) in [7, 11) is 0. The molecule has 1 aromatic rings. The van der Waals surface area contributed by atoms with Gasteiger partial charge >= 0.3 is 5.97 Å². The van der Waals surface area contributed by atoms with E-state index >= 15 is 0 Å². The van der Waals surface area contributed by atoms with Gasteiger partial charge in [0.25, 0.3) is 0 Å². The number of carbonyl (C=O) groups is 1. The minimum atomic E-state index is -0.817. The van der Waals surface area contributed by atoms with Crippen LogP contribution in [0.15, 0.2) is 5.16 Å². The predicted molar refractivity (Wildman–Crippen MR) is 65.0 cm³/mol. The van der Waals surface area contributed by atoms with Gasteiger partial charge in [0, 0.05) is 13.0 Å². The Hall–Kier alpha value is -1.04. The van der Waals surface area contributed by atoms with Crippen LogP contribution in [0.3, 0.4) is 0 Å². The number of carboxylic acids is 1. The van der Waals surface area contributed by atoms with Gasteiger partial charge in [-0.3, -0.25) is 4.79 Å². The number of hydrogen-bond donors (Lipinski definition) is 1. The van der Waals surface area contributed by atoms with Crippen LogP contribution in [0.25, 0.3) is 0 Å². The van der Waals surface area contributed by atoms with E-state index in [-0.39, 0.29) is 5.75 Å². The summed E-state index contributed by atoms with van der Waals surface area (Å²) in [5, 5.41) is 17.6. The highest BCUT2D eigenvalue weighted by atomic mass is 32.2. The Balaban J connectivity index is 2.08. The van der Waals surface area contributed by atoms with Gasteiger partial charge in [0.05, 0.1) is 5.75 Å². The summed E-state index contributed by atoms with van der Waals surface area (Å²) in [5.74, 6) is 1.67. The van der Waals surface area contributed by atoms with Crippen molar-refractivity contribution in [3.63, 3.8) is 0 Å². The molecule has 0 radical (unpaired) electrons. The third-order valence-corrected chi connectivity index (χ3v) is 4.08. The van der Waals surface area contributed by atoms with Crippen molar-refractivity contribution in [2.45, 2.75) is 38.4 Å². The van der Waals surface area contributed by atoms with Crippen LogP contribution in [-0.4, -0.2) is 31.6 Å². The van der Waals surface area contributed by atoms with E-state index in [1.807, 2.05) is 6.92 Å². The molecular weight excluding hydrogens is 238 g/mol. The Labute approximate surface area is 105 Å². The third kappa shape index (κ3) is 3.00. The quantitative estimate of drug-likeness (QED) is 0.783. The zero-order valence-electron chi connectivity index (χ0n) is 10.1. The van der Waals surface area contributed by atoms with E-state index in [2.05, 4.69) is 21.7 Å². The van der Waals surface area contributed by atoms with Crippen molar-refractivity contribution in [2.24, 2.45) is 11.8 Å². The zero-order chi connectivity index (χ0) is 12.4. The Bertz CT molecular complexity index is 419. The molecule has 0 spiro atoms. The second-order valence-corrected chi connectivity index (χ2v) is 5.46. The number of carboxylic acid groups (broad SMARTS) is 1. The fourth-order valence-corrected chi connectivity index (χ4v) is 2.57. The van der Waals surface area contributed by atoms with Gasteiger partial charge in [-0.2, -0.15) is 0 Å². The molecule has 1 aromatic heterocycles. The van der Waals surface area contributed by atoms with Gasteiger partial charge in [-0.15, -0.1) is 10.2 Å². The van der Waals surface area contributed by atoms with Crippen molar-refractivity contribution in [3.8, 4) is 0 Å². The Kier molecular flexibility index (Phi) is 3.71. The molecule has 6 heteroatoms. The van der Waals surface area contributed by atoms with Crippen molar-refractivity contribution in [1.82, 2.24) is 14.8 Å². The molecule has 0 bridgehead atoms. The first-order chi connectivity index (χ1) is 8.11. The SMILES string of the molecule is CCc1nnc(SCC(=O)O)n1CC1CC1C. The summed E-state index contributed by atoms with van der Waals surface area (Å²) in [6.45, 7) is 5.21. The van der Waals surface area contributed by atoms with Crippen LogP contribution in [0.2, 0.25) is 0 Å². The topological polar surface area (TPSA) is 68.0 Å². The normalized spacial score (nSPS) is 22.7. The number of rotatable bonds is 6. The van der Waals surface area contributed by atoms with Crippen molar-refractivity contribution < 1.29 is 9.90 Å². The largest absolute Gasteiger partial charge is 0.481 e. The predicted octanol–water partition coefficient (Wildman–Crippen LogP) is 1.67. The van der Waals surface area contributed by atoms with Crippen LogP contribution in [0, 0.1) is 11.8 Å². The lowest BCUT2D eigenvalue weighted by Crippen LogP contribution is -2.08. The summed E-state index contributed by atoms with van der Waals surface area (Å²) < 4.78 is 2.09. The molecular formula is C11H17N3O2S. The van der Waals surface area contributed by atoms with E-state index in [9.17, 15) is 4.79 Å². The van der Waals surface area contributed by atoms with Gasteiger partial charge < -0.3 is 9.67 Å². The fraction of sp³-hybridized carbons (Fsp3) is 0.727. The highest BCUT2D eigenvalue weighted by Gasteiger charge is 2.33. The average Bonchev–Trinajstić information content (AvgIpc) is 2.84. The average molecular weight is 255 g/mol.